The molecule has 0 saturated carbocycles. The number of fused-ring (bicyclic) bond motifs is 2. The highest BCUT2D eigenvalue weighted by Crippen LogP contribution is 2.47. The summed E-state index contributed by atoms with van der Waals surface area (Å²) in [4.78, 5) is 13.9. The summed E-state index contributed by atoms with van der Waals surface area (Å²) in [5.74, 6) is 1.95. The Hall–Kier alpha value is -2.01. The van der Waals surface area contributed by atoms with E-state index in [1.165, 1.54) is 31.5 Å². The van der Waals surface area contributed by atoms with E-state index in [2.05, 4.69) is 19.8 Å². The lowest BCUT2D eigenvalue weighted by molar-refractivity contribution is 0.0354. The second-order valence-electron chi connectivity index (χ2n) is 7.23. The second-order valence-corrected chi connectivity index (χ2v) is 7.23. The number of nitrogens with zero attached hydrogens (tertiary/aromatic N) is 4. The molecule has 4 fully saturated rings. The number of rotatable bonds is 2. The number of anilines is 1. The molecule has 0 amide bonds. The lowest BCUT2D eigenvalue weighted by Gasteiger charge is -2.51. The van der Waals surface area contributed by atoms with Crippen LogP contribution in [-0.2, 0) is 0 Å². The molecule has 5 heteroatoms. The van der Waals surface area contributed by atoms with Crippen LogP contribution in [-0.4, -0.2) is 46.6 Å². The molecular formula is C19H21FN4. The zero-order chi connectivity index (χ0) is 16.1. The lowest BCUT2D eigenvalue weighted by Crippen LogP contribution is -2.60. The monoisotopic (exact) mass is 324 g/mol. The van der Waals surface area contributed by atoms with Crippen LogP contribution in [0.2, 0.25) is 0 Å². The molecule has 5 heterocycles. The minimum Gasteiger partial charge on any atom is -0.350 e. The summed E-state index contributed by atoms with van der Waals surface area (Å²) in [5.41, 5.74) is 1.24. The highest BCUT2D eigenvalue weighted by Gasteiger charge is 2.53. The van der Waals surface area contributed by atoms with Crippen LogP contribution in [0.3, 0.4) is 0 Å². The number of hydrogen-bond acceptors (Lipinski definition) is 4. The molecule has 0 aliphatic carbocycles. The smallest absolute Gasteiger partial charge is 0.147 e. The van der Waals surface area contributed by atoms with Crippen molar-refractivity contribution in [2.24, 2.45) is 5.92 Å². The molecule has 1 aromatic heterocycles. The van der Waals surface area contributed by atoms with E-state index in [9.17, 15) is 4.39 Å². The van der Waals surface area contributed by atoms with Crippen LogP contribution in [0.15, 0.2) is 42.9 Å². The number of halogens is 1. The topological polar surface area (TPSA) is 32.3 Å². The third kappa shape index (κ3) is 2.14. The Labute approximate surface area is 141 Å². The van der Waals surface area contributed by atoms with Crippen LogP contribution in [0.5, 0.6) is 0 Å². The Morgan fingerprint density at radius 3 is 2.50 bits per heavy atom. The first kappa shape index (κ1) is 14.3. The van der Waals surface area contributed by atoms with Gasteiger partial charge in [0.15, 0.2) is 0 Å². The molecule has 4 saturated heterocycles. The van der Waals surface area contributed by atoms with Crippen LogP contribution in [0.1, 0.15) is 24.3 Å². The SMILES string of the molecule is Fc1ccc([C@@H]2CN(c3cnccn3)[C@@H]3C4CCN(CC4)[C@@H]32)cc1. The van der Waals surface area contributed by atoms with Crippen LogP contribution < -0.4 is 4.90 Å². The normalized spacial score (nSPS) is 34.4. The Balaban J connectivity index is 1.56. The number of benzene rings is 1. The van der Waals surface area contributed by atoms with Crippen molar-refractivity contribution in [3.63, 3.8) is 0 Å². The Morgan fingerprint density at radius 1 is 1.00 bits per heavy atom. The van der Waals surface area contributed by atoms with Gasteiger partial charge in [0.1, 0.15) is 11.6 Å². The van der Waals surface area contributed by atoms with Crippen LogP contribution in [0.25, 0.3) is 0 Å². The molecule has 124 valence electrons. The molecule has 0 unspecified atom stereocenters. The summed E-state index contributed by atoms with van der Waals surface area (Å²) >= 11 is 0. The first-order valence-electron chi connectivity index (χ1n) is 8.83. The van der Waals surface area contributed by atoms with Crippen molar-refractivity contribution in [1.82, 2.24) is 14.9 Å². The molecule has 4 aliphatic heterocycles. The molecule has 4 aliphatic rings. The van der Waals surface area contributed by atoms with Gasteiger partial charge in [-0.2, -0.15) is 0 Å². The second kappa shape index (κ2) is 5.52. The molecule has 6 rings (SSSR count). The van der Waals surface area contributed by atoms with E-state index in [1.807, 2.05) is 18.3 Å². The molecule has 1 aromatic carbocycles. The summed E-state index contributed by atoms with van der Waals surface area (Å²) in [7, 11) is 0. The molecular weight excluding hydrogens is 303 g/mol. The van der Waals surface area contributed by atoms with Crippen LogP contribution in [0.4, 0.5) is 10.2 Å². The van der Waals surface area contributed by atoms with Crippen molar-refractivity contribution in [3.8, 4) is 0 Å². The zero-order valence-corrected chi connectivity index (χ0v) is 13.6. The third-order valence-electron chi connectivity index (χ3n) is 6.14. The predicted molar refractivity (Wildman–Crippen MR) is 90.4 cm³/mol. The zero-order valence-electron chi connectivity index (χ0n) is 13.6. The van der Waals surface area contributed by atoms with E-state index in [-0.39, 0.29) is 5.82 Å². The summed E-state index contributed by atoms with van der Waals surface area (Å²) < 4.78 is 13.4. The molecule has 4 nitrogen and oxygen atoms in total. The van der Waals surface area contributed by atoms with E-state index in [0.29, 0.717) is 18.0 Å². The van der Waals surface area contributed by atoms with Gasteiger partial charge in [-0.3, -0.25) is 9.88 Å². The largest absolute Gasteiger partial charge is 0.350 e. The fourth-order valence-electron chi connectivity index (χ4n) is 5.13. The first-order valence-corrected chi connectivity index (χ1v) is 8.83. The minimum atomic E-state index is -0.162. The van der Waals surface area contributed by atoms with E-state index >= 15 is 0 Å². The molecule has 0 spiro atoms. The maximum atomic E-state index is 13.4. The van der Waals surface area contributed by atoms with Gasteiger partial charge in [-0.15, -0.1) is 0 Å². The average molecular weight is 324 g/mol. The van der Waals surface area contributed by atoms with Gasteiger partial charge in [0.25, 0.3) is 0 Å². The highest BCUT2D eigenvalue weighted by molar-refractivity contribution is 5.45. The average Bonchev–Trinajstić information content (AvgIpc) is 3.07. The van der Waals surface area contributed by atoms with Gasteiger partial charge in [0, 0.05) is 36.9 Å². The maximum Gasteiger partial charge on any atom is 0.147 e. The minimum absolute atomic E-state index is 0.162. The summed E-state index contributed by atoms with van der Waals surface area (Å²) in [6.45, 7) is 3.32. The van der Waals surface area contributed by atoms with Gasteiger partial charge in [0.2, 0.25) is 0 Å². The fraction of sp³-hybridized carbons (Fsp3) is 0.474. The van der Waals surface area contributed by atoms with Crippen molar-refractivity contribution in [3.05, 3.63) is 54.2 Å². The first-order chi connectivity index (χ1) is 11.8. The number of aromatic nitrogens is 2. The number of piperidine rings is 3. The van der Waals surface area contributed by atoms with Gasteiger partial charge in [-0.05, 0) is 49.5 Å². The van der Waals surface area contributed by atoms with Crippen LogP contribution in [0, 0.1) is 11.7 Å². The van der Waals surface area contributed by atoms with Gasteiger partial charge in [0.05, 0.1) is 6.20 Å². The van der Waals surface area contributed by atoms with Gasteiger partial charge in [-0.1, -0.05) is 12.1 Å². The fourth-order valence-corrected chi connectivity index (χ4v) is 5.13. The van der Waals surface area contributed by atoms with Crippen molar-refractivity contribution in [1.29, 1.82) is 0 Å². The molecule has 0 N–H and O–H groups in total. The van der Waals surface area contributed by atoms with Gasteiger partial charge < -0.3 is 4.90 Å². The van der Waals surface area contributed by atoms with Crippen molar-refractivity contribution < 1.29 is 4.39 Å². The van der Waals surface area contributed by atoms with Gasteiger partial charge in [-0.25, -0.2) is 9.37 Å². The Morgan fingerprint density at radius 2 is 1.79 bits per heavy atom. The van der Waals surface area contributed by atoms with E-state index in [0.717, 1.165) is 18.3 Å². The Bertz CT molecular complexity index is 712. The van der Waals surface area contributed by atoms with Crippen molar-refractivity contribution >= 4 is 5.82 Å². The summed E-state index contributed by atoms with van der Waals surface area (Å²) in [6, 6.07) is 8.10. The summed E-state index contributed by atoms with van der Waals surface area (Å²) in [5, 5.41) is 0. The molecule has 2 aromatic rings. The van der Waals surface area contributed by atoms with E-state index < -0.39 is 0 Å². The molecule has 2 bridgehead atoms. The molecule has 3 atom stereocenters. The van der Waals surface area contributed by atoms with Gasteiger partial charge >= 0.3 is 0 Å². The third-order valence-corrected chi connectivity index (χ3v) is 6.14. The predicted octanol–water partition coefficient (Wildman–Crippen LogP) is 2.68. The highest BCUT2D eigenvalue weighted by atomic mass is 19.1. The van der Waals surface area contributed by atoms with Crippen molar-refractivity contribution in [2.75, 3.05) is 24.5 Å². The van der Waals surface area contributed by atoms with Crippen LogP contribution >= 0.6 is 0 Å². The van der Waals surface area contributed by atoms with Crippen molar-refractivity contribution in [2.45, 2.75) is 30.8 Å². The van der Waals surface area contributed by atoms with E-state index in [1.54, 1.807) is 24.5 Å². The molecule has 24 heavy (non-hydrogen) atoms. The Kier molecular flexibility index (Phi) is 3.30. The van der Waals surface area contributed by atoms with E-state index in [4.69, 9.17) is 0 Å². The quantitative estimate of drug-likeness (QED) is 0.850. The summed E-state index contributed by atoms with van der Waals surface area (Å²) in [6.07, 6.45) is 7.92. The maximum absolute atomic E-state index is 13.4. The standard InChI is InChI=1S/C19H21FN4/c20-15-3-1-13(2-4-15)16-12-24(17-11-21-7-8-22-17)18-14-5-9-23(10-6-14)19(16)18/h1-4,7-8,11,14,16,18-19H,5-6,9-10,12H2/t16-,18+,19+/m0/s1. The lowest BCUT2D eigenvalue weighted by atomic mass is 9.75. The molecule has 0 radical (unpaired) electrons. The number of hydrogen-bond donors (Lipinski definition) is 0.